The van der Waals surface area contributed by atoms with E-state index in [1.807, 2.05) is 6.07 Å². The van der Waals surface area contributed by atoms with Gasteiger partial charge in [0.15, 0.2) is 5.78 Å². The van der Waals surface area contributed by atoms with Crippen molar-refractivity contribution in [2.75, 3.05) is 13.2 Å². The van der Waals surface area contributed by atoms with Crippen molar-refractivity contribution in [3.8, 4) is 0 Å². The number of benzene rings is 1. The zero-order valence-corrected chi connectivity index (χ0v) is 10.4. The maximum atomic E-state index is 11.9. The van der Waals surface area contributed by atoms with Crippen molar-refractivity contribution in [1.82, 2.24) is 0 Å². The Kier molecular flexibility index (Phi) is 4.24. The van der Waals surface area contributed by atoms with Gasteiger partial charge in [-0.1, -0.05) is 12.1 Å². The van der Waals surface area contributed by atoms with E-state index in [-0.39, 0.29) is 0 Å². The van der Waals surface area contributed by atoms with Gasteiger partial charge < -0.3 is 4.74 Å². The smallest absolute Gasteiger partial charge is 0.364 e. The van der Waals surface area contributed by atoms with Crippen molar-refractivity contribution >= 4 is 5.78 Å². The molecule has 0 unspecified atom stereocenters. The van der Waals surface area contributed by atoms with Crippen LogP contribution in [-0.4, -0.2) is 25.2 Å². The van der Waals surface area contributed by atoms with E-state index in [1.54, 1.807) is 12.1 Å². The number of Topliss-reactive ketones (excluding diaryl/α,β-unsaturated/α-hetero) is 1. The van der Waals surface area contributed by atoms with E-state index in [1.165, 1.54) is 5.56 Å². The molecule has 0 atom stereocenters. The molecule has 2 nitrogen and oxygen atoms in total. The first-order valence-electron chi connectivity index (χ1n) is 6.25. The molecule has 0 heterocycles. The maximum absolute atomic E-state index is 11.9. The molecule has 0 saturated heterocycles. The zero-order chi connectivity index (χ0) is 13.9. The lowest BCUT2D eigenvalue weighted by molar-refractivity contribution is -0.170. The molecule has 0 spiro atoms. The SMILES string of the molecule is O=C(COCC(F)(F)F)c1ccc2c(c1)CCCC2. The third kappa shape index (κ3) is 4.06. The Morgan fingerprint density at radius 2 is 1.84 bits per heavy atom. The second-order valence-corrected chi connectivity index (χ2v) is 4.72. The number of fused-ring (bicyclic) bond motifs is 1. The molecule has 1 aromatic carbocycles. The first-order valence-corrected chi connectivity index (χ1v) is 6.25. The molecule has 0 aromatic heterocycles. The number of carbonyl (C=O) groups excluding carboxylic acids is 1. The Labute approximate surface area is 109 Å². The second-order valence-electron chi connectivity index (χ2n) is 4.72. The van der Waals surface area contributed by atoms with E-state index in [4.69, 9.17) is 0 Å². The zero-order valence-electron chi connectivity index (χ0n) is 10.4. The quantitative estimate of drug-likeness (QED) is 0.786. The normalized spacial score (nSPS) is 15.1. The third-order valence-electron chi connectivity index (χ3n) is 3.17. The van der Waals surface area contributed by atoms with E-state index < -0.39 is 25.2 Å². The minimum Gasteiger partial charge on any atom is -0.364 e. The van der Waals surface area contributed by atoms with Crippen LogP contribution in [0.15, 0.2) is 18.2 Å². The van der Waals surface area contributed by atoms with Crippen LogP contribution < -0.4 is 0 Å². The molecule has 0 aliphatic heterocycles. The summed E-state index contributed by atoms with van der Waals surface area (Å²) < 4.78 is 40.1. The number of ether oxygens (including phenoxy) is 1. The van der Waals surface area contributed by atoms with E-state index in [2.05, 4.69) is 4.74 Å². The van der Waals surface area contributed by atoms with Gasteiger partial charge in [-0.05, 0) is 42.9 Å². The Balaban J connectivity index is 1.96. The molecular weight excluding hydrogens is 257 g/mol. The van der Waals surface area contributed by atoms with Gasteiger partial charge in [-0.15, -0.1) is 0 Å². The average Bonchev–Trinajstić information content (AvgIpc) is 2.36. The highest BCUT2D eigenvalue weighted by Gasteiger charge is 2.27. The number of carbonyl (C=O) groups is 1. The summed E-state index contributed by atoms with van der Waals surface area (Å²) in [7, 11) is 0. The summed E-state index contributed by atoms with van der Waals surface area (Å²) in [6.45, 7) is -1.91. The predicted octanol–water partition coefficient (Wildman–Crippen LogP) is 3.33. The minimum atomic E-state index is -4.39. The van der Waals surface area contributed by atoms with Crippen LogP contribution in [0.5, 0.6) is 0 Å². The fraction of sp³-hybridized carbons (Fsp3) is 0.500. The van der Waals surface area contributed by atoms with Crippen molar-refractivity contribution in [3.63, 3.8) is 0 Å². The van der Waals surface area contributed by atoms with Crippen LogP contribution in [-0.2, 0) is 17.6 Å². The molecule has 0 amide bonds. The van der Waals surface area contributed by atoms with Crippen LogP contribution >= 0.6 is 0 Å². The van der Waals surface area contributed by atoms with Gasteiger partial charge in [0.05, 0.1) is 0 Å². The summed E-state index contributed by atoms with van der Waals surface area (Å²) >= 11 is 0. The molecule has 0 N–H and O–H groups in total. The van der Waals surface area contributed by atoms with E-state index in [0.717, 1.165) is 31.2 Å². The van der Waals surface area contributed by atoms with E-state index >= 15 is 0 Å². The molecule has 5 heteroatoms. The molecule has 0 fully saturated rings. The molecule has 1 aromatic rings. The largest absolute Gasteiger partial charge is 0.411 e. The lowest BCUT2D eigenvalue weighted by atomic mass is 9.90. The summed E-state index contributed by atoms with van der Waals surface area (Å²) in [4.78, 5) is 11.7. The van der Waals surface area contributed by atoms with E-state index in [9.17, 15) is 18.0 Å². The Hall–Kier alpha value is -1.36. The number of rotatable bonds is 4. The first kappa shape index (κ1) is 14.1. The van der Waals surface area contributed by atoms with Gasteiger partial charge in [0.25, 0.3) is 0 Å². The molecule has 0 radical (unpaired) electrons. The highest BCUT2D eigenvalue weighted by molar-refractivity contribution is 5.97. The number of hydrogen-bond acceptors (Lipinski definition) is 2. The fourth-order valence-electron chi connectivity index (χ4n) is 2.25. The number of aryl methyl sites for hydroxylation is 2. The molecule has 0 saturated carbocycles. The van der Waals surface area contributed by atoms with Gasteiger partial charge >= 0.3 is 6.18 Å². The number of ketones is 1. The summed E-state index contributed by atoms with van der Waals surface area (Å²) in [5, 5.41) is 0. The van der Waals surface area contributed by atoms with Gasteiger partial charge in [0.2, 0.25) is 0 Å². The van der Waals surface area contributed by atoms with Crippen LogP contribution in [0.1, 0.15) is 34.3 Å². The van der Waals surface area contributed by atoms with Gasteiger partial charge in [0.1, 0.15) is 13.2 Å². The topological polar surface area (TPSA) is 26.3 Å². The summed E-state index contributed by atoms with van der Waals surface area (Å²) in [6, 6.07) is 5.35. The number of halogens is 3. The van der Waals surface area contributed by atoms with Crippen LogP contribution in [0.3, 0.4) is 0 Å². The average molecular weight is 272 g/mol. The Morgan fingerprint density at radius 3 is 2.53 bits per heavy atom. The molecule has 0 bridgehead atoms. The second kappa shape index (κ2) is 5.74. The highest BCUT2D eigenvalue weighted by atomic mass is 19.4. The molecular formula is C14H15F3O2. The minimum absolute atomic E-state index is 0.405. The molecule has 1 aliphatic rings. The molecule has 19 heavy (non-hydrogen) atoms. The van der Waals surface area contributed by atoms with Crippen molar-refractivity contribution in [2.45, 2.75) is 31.9 Å². The fourth-order valence-corrected chi connectivity index (χ4v) is 2.25. The van der Waals surface area contributed by atoms with Gasteiger partial charge in [0, 0.05) is 5.56 Å². The number of alkyl halides is 3. The lowest BCUT2D eigenvalue weighted by Gasteiger charge is -2.16. The maximum Gasteiger partial charge on any atom is 0.411 e. The van der Waals surface area contributed by atoms with Crippen LogP contribution in [0.4, 0.5) is 13.2 Å². The van der Waals surface area contributed by atoms with Crippen molar-refractivity contribution < 1.29 is 22.7 Å². The monoisotopic (exact) mass is 272 g/mol. The van der Waals surface area contributed by atoms with Crippen LogP contribution in [0.25, 0.3) is 0 Å². The summed E-state index contributed by atoms with van der Waals surface area (Å²) in [5.41, 5.74) is 2.80. The van der Waals surface area contributed by atoms with Crippen LogP contribution in [0.2, 0.25) is 0 Å². The molecule has 104 valence electrons. The van der Waals surface area contributed by atoms with Crippen molar-refractivity contribution in [2.24, 2.45) is 0 Å². The van der Waals surface area contributed by atoms with Crippen molar-refractivity contribution in [3.05, 3.63) is 34.9 Å². The summed E-state index contributed by atoms with van der Waals surface area (Å²) in [6.07, 6.45) is -0.214. The standard InChI is InChI=1S/C14H15F3O2/c15-14(16,17)9-19-8-13(18)12-6-5-10-3-1-2-4-11(10)7-12/h5-7H,1-4,8-9H2. The molecule has 1 aliphatic carbocycles. The highest BCUT2D eigenvalue weighted by Crippen LogP contribution is 2.22. The van der Waals surface area contributed by atoms with Gasteiger partial charge in [-0.3, -0.25) is 4.79 Å². The summed E-state index contributed by atoms with van der Waals surface area (Å²) in [5.74, 6) is -0.405. The predicted molar refractivity (Wildman–Crippen MR) is 64.3 cm³/mol. The van der Waals surface area contributed by atoms with Crippen molar-refractivity contribution in [1.29, 1.82) is 0 Å². The van der Waals surface area contributed by atoms with E-state index in [0.29, 0.717) is 5.56 Å². The number of hydrogen-bond donors (Lipinski definition) is 0. The van der Waals surface area contributed by atoms with Gasteiger partial charge in [-0.25, -0.2) is 0 Å². The molecule has 2 rings (SSSR count). The lowest BCUT2D eigenvalue weighted by Crippen LogP contribution is -2.20. The Morgan fingerprint density at radius 1 is 1.16 bits per heavy atom. The van der Waals surface area contributed by atoms with Crippen LogP contribution in [0, 0.1) is 0 Å². The third-order valence-corrected chi connectivity index (χ3v) is 3.17. The Bertz CT molecular complexity index is 466. The first-order chi connectivity index (χ1) is 8.96. The van der Waals surface area contributed by atoms with Gasteiger partial charge in [-0.2, -0.15) is 13.2 Å².